The SMILES string of the molecule is COC(=O)C(Cc1ccccc1OC)C(=O)OC. The smallest absolute Gasteiger partial charge is 0.320 e. The van der Waals surface area contributed by atoms with Crippen molar-refractivity contribution in [2.75, 3.05) is 21.3 Å². The Bertz CT molecular complexity index is 411. The molecule has 5 heteroatoms. The molecule has 0 bridgehead atoms. The molecule has 0 aliphatic carbocycles. The van der Waals surface area contributed by atoms with Gasteiger partial charge in [0.2, 0.25) is 0 Å². The number of hydrogen-bond acceptors (Lipinski definition) is 5. The number of benzene rings is 1. The van der Waals surface area contributed by atoms with Gasteiger partial charge < -0.3 is 14.2 Å². The Morgan fingerprint density at radius 2 is 1.61 bits per heavy atom. The van der Waals surface area contributed by atoms with Crippen molar-refractivity contribution in [3.8, 4) is 5.75 Å². The van der Waals surface area contributed by atoms with Crippen molar-refractivity contribution < 1.29 is 23.8 Å². The number of ether oxygens (including phenoxy) is 3. The van der Waals surface area contributed by atoms with E-state index in [-0.39, 0.29) is 6.42 Å². The summed E-state index contributed by atoms with van der Waals surface area (Å²) in [6.07, 6.45) is 0.184. The molecular weight excluding hydrogens is 236 g/mol. The quantitative estimate of drug-likeness (QED) is 0.582. The lowest BCUT2D eigenvalue weighted by atomic mass is 9.99. The van der Waals surface area contributed by atoms with Crippen molar-refractivity contribution in [1.82, 2.24) is 0 Å². The van der Waals surface area contributed by atoms with Crippen LogP contribution in [0.5, 0.6) is 5.75 Å². The monoisotopic (exact) mass is 252 g/mol. The molecule has 0 N–H and O–H groups in total. The van der Waals surface area contributed by atoms with Crippen LogP contribution in [0.4, 0.5) is 0 Å². The van der Waals surface area contributed by atoms with Crippen LogP contribution in [0.2, 0.25) is 0 Å². The van der Waals surface area contributed by atoms with Crippen LogP contribution in [0.1, 0.15) is 5.56 Å². The van der Waals surface area contributed by atoms with E-state index < -0.39 is 17.9 Å². The lowest BCUT2D eigenvalue weighted by molar-refractivity contribution is -0.158. The first-order valence-electron chi connectivity index (χ1n) is 5.41. The summed E-state index contributed by atoms with van der Waals surface area (Å²) in [5.74, 6) is -1.59. The summed E-state index contributed by atoms with van der Waals surface area (Å²) in [6, 6.07) is 7.18. The van der Waals surface area contributed by atoms with Crippen molar-refractivity contribution >= 4 is 11.9 Å². The summed E-state index contributed by atoms with van der Waals surface area (Å²) in [4.78, 5) is 23.1. The van der Waals surface area contributed by atoms with Gasteiger partial charge in [0.25, 0.3) is 0 Å². The summed E-state index contributed by atoms with van der Waals surface area (Å²) in [7, 11) is 4.01. The van der Waals surface area contributed by atoms with Gasteiger partial charge in [-0.25, -0.2) is 0 Å². The number of esters is 2. The number of carbonyl (C=O) groups excluding carboxylic acids is 2. The first kappa shape index (κ1) is 14.0. The molecule has 0 saturated carbocycles. The molecule has 0 unspecified atom stereocenters. The molecule has 0 heterocycles. The summed E-state index contributed by atoms with van der Waals surface area (Å²) in [5.41, 5.74) is 0.751. The number of para-hydroxylation sites is 1. The van der Waals surface area contributed by atoms with E-state index in [2.05, 4.69) is 9.47 Å². The van der Waals surface area contributed by atoms with Crippen LogP contribution in [0, 0.1) is 5.92 Å². The highest BCUT2D eigenvalue weighted by atomic mass is 16.5. The van der Waals surface area contributed by atoms with Crippen molar-refractivity contribution in [3.05, 3.63) is 29.8 Å². The second-order valence-corrected chi connectivity index (χ2v) is 3.61. The Morgan fingerprint density at radius 3 is 2.11 bits per heavy atom. The van der Waals surface area contributed by atoms with E-state index in [1.54, 1.807) is 12.1 Å². The highest BCUT2D eigenvalue weighted by molar-refractivity contribution is 5.95. The van der Waals surface area contributed by atoms with Gasteiger partial charge in [0.1, 0.15) is 5.75 Å². The van der Waals surface area contributed by atoms with Gasteiger partial charge in [-0.05, 0) is 18.1 Å². The van der Waals surface area contributed by atoms with Gasteiger partial charge in [0.15, 0.2) is 5.92 Å². The van der Waals surface area contributed by atoms with E-state index >= 15 is 0 Å². The highest BCUT2D eigenvalue weighted by Crippen LogP contribution is 2.22. The minimum absolute atomic E-state index is 0.184. The third kappa shape index (κ3) is 3.23. The molecule has 0 aromatic heterocycles. The molecule has 0 aliphatic heterocycles. The maximum absolute atomic E-state index is 11.6. The van der Waals surface area contributed by atoms with Gasteiger partial charge in [-0.1, -0.05) is 18.2 Å². The van der Waals surface area contributed by atoms with Gasteiger partial charge in [0, 0.05) is 0 Å². The van der Waals surface area contributed by atoms with E-state index in [1.807, 2.05) is 12.1 Å². The predicted molar refractivity (Wildman–Crippen MR) is 64.2 cm³/mol. The zero-order chi connectivity index (χ0) is 13.5. The number of methoxy groups -OCH3 is 3. The van der Waals surface area contributed by atoms with E-state index in [4.69, 9.17) is 4.74 Å². The molecule has 0 atom stereocenters. The first-order chi connectivity index (χ1) is 8.63. The van der Waals surface area contributed by atoms with Crippen molar-refractivity contribution in [1.29, 1.82) is 0 Å². The molecule has 1 aromatic rings. The maximum Gasteiger partial charge on any atom is 0.320 e. The fourth-order valence-electron chi connectivity index (χ4n) is 1.64. The molecule has 0 aliphatic rings. The molecule has 0 saturated heterocycles. The predicted octanol–water partition coefficient (Wildman–Crippen LogP) is 1.20. The zero-order valence-corrected chi connectivity index (χ0v) is 10.6. The van der Waals surface area contributed by atoms with Crippen LogP contribution < -0.4 is 4.74 Å². The average molecular weight is 252 g/mol. The topological polar surface area (TPSA) is 61.8 Å². The molecule has 18 heavy (non-hydrogen) atoms. The highest BCUT2D eigenvalue weighted by Gasteiger charge is 2.29. The Balaban J connectivity index is 2.95. The van der Waals surface area contributed by atoms with Gasteiger partial charge in [0.05, 0.1) is 21.3 Å². The van der Waals surface area contributed by atoms with E-state index in [1.165, 1.54) is 21.3 Å². The molecule has 1 aromatic carbocycles. The second kappa shape index (κ2) is 6.64. The van der Waals surface area contributed by atoms with E-state index in [9.17, 15) is 9.59 Å². The van der Waals surface area contributed by atoms with Gasteiger partial charge in [-0.2, -0.15) is 0 Å². The first-order valence-corrected chi connectivity index (χ1v) is 5.41. The average Bonchev–Trinajstić information content (AvgIpc) is 2.43. The maximum atomic E-state index is 11.6. The Kier molecular flexibility index (Phi) is 5.17. The van der Waals surface area contributed by atoms with Crippen LogP contribution in [-0.4, -0.2) is 33.3 Å². The fraction of sp³-hybridized carbons (Fsp3) is 0.385. The molecule has 0 spiro atoms. The summed E-state index contributed by atoms with van der Waals surface area (Å²) >= 11 is 0. The van der Waals surface area contributed by atoms with Crippen molar-refractivity contribution in [3.63, 3.8) is 0 Å². The third-order valence-corrected chi connectivity index (χ3v) is 2.59. The molecule has 5 nitrogen and oxygen atoms in total. The lowest BCUT2D eigenvalue weighted by Gasteiger charge is -2.14. The van der Waals surface area contributed by atoms with Crippen LogP contribution in [-0.2, 0) is 25.5 Å². The van der Waals surface area contributed by atoms with Crippen LogP contribution in [0.15, 0.2) is 24.3 Å². The molecule has 0 amide bonds. The molecule has 0 fully saturated rings. The number of carbonyl (C=O) groups is 2. The Morgan fingerprint density at radius 1 is 1.06 bits per heavy atom. The summed E-state index contributed by atoms with van der Waals surface area (Å²) in [6.45, 7) is 0. The lowest BCUT2D eigenvalue weighted by Crippen LogP contribution is -2.28. The van der Waals surface area contributed by atoms with Gasteiger partial charge in [-0.15, -0.1) is 0 Å². The van der Waals surface area contributed by atoms with Gasteiger partial charge in [-0.3, -0.25) is 9.59 Å². The minimum Gasteiger partial charge on any atom is -0.496 e. The van der Waals surface area contributed by atoms with Crippen molar-refractivity contribution in [2.24, 2.45) is 5.92 Å². The normalized spacial score (nSPS) is 10.0. The van der Waals surface area contributed by atoms with E-state index in [0.29, 0.717) is 5.75 Å². The van der Waals surface area contributed by atoms with Crippen LogP contribution in [0.25, 0.3) is 0 Å². The molecule has 98 valence electrons. The molecular formula is C13H16O5. The standard InChI is InChI=1S/C13H16O5/c1-16-11-7-5-4-6-9(11)8-10(12(14)17-2)13(15)18-3/h4-7,10H,8H2,1-3H3. The number of rotatable bonds is 5. The van der Waals surface area contributed by atoms with Crippen molar-refractivity contribution in [2.45, 2.75) is 6.42 Å². The Labute approximate surface area is 106 Å². The third-order valence-electron chi connectivity index (χ3n) is 2.59. The fourth-order valence-corrected chi connectivity index (χ4v) is 1.64. The second-order valence-electron chi connectivity index (χ2n) is 3.61. The summed E-state index contributed by atoms with van der Waals surface area (Å²) in [5, 5.41) is 0. The molecule has 1 rings (SSSR count). The molecule has 0 radical (unpaired) electrons. The van der Waals surface area contributed by atoms with Gasteiger partial charge >= 0.3 is 11.9 Å². The zero-order valence-electron chi connectivity index (χ0n) is 10.6. The number of hydrogen-bond donors (Lipinski definition) is 0. The van der Waals surface area contributed by atoms with Crippen LogP contribution >= 0.6 is 0 Å². The largest absolute Gasteiger partial charge is 0.496 e. The van der Waals surface area contributed by atoms with Crippen LogP contribution in [0.3, 0.4) is 0 Å². The minimum atomic E-state index is -0.976. The summed E-state index contributed by atoms with van der Waals surface area (Å²) < 4.78 is 14.4. The van der Waals surface area contributed by atoms with E-state index in [0.717, 1.165) is 5.56 Å². The Hall–Kier alpha value is -2.04.